The number of para-hydroxylation sites is 3. The lowest BCUT2D eigenvalue weighted by molar-refractivity contribution is 0.930. The quantitative estimate of drug-likeness (QED) is 0.315. The van der Waals surface area contributed by atoms with Gasteiger partial charge in [0.15, 0.2) is 0 Å². The van der Waals surface area contributed by atoms with Gasteiger partial charge in [0, 0.05) is 38.9 Å². The van der Waals surface area contributed by atoms with Gasteiger partial charge in [-0.3, -0.25) is 0 Å². The van der Waals surface area contributed by atoms with Gasteiger partial charge in [0.25, 0.3) is 0 Å². The first kappa shape index (κ1) is 18.7. The van der Waals surface area contributed by atoms with Gasteiger partial charge in [-0.1, -0.05) is 66.7 Å². The molecule has 32 heavy (non-hydrogen) atoms. The highest BCUT2D eigenvalue weighted by atomic mass is 15.1. The van der Waals surface area contributed by atoms with Crippen molar-refractivity contribution in [3.63, 3.8) is 0 Å². The molecule has 0 fully saturated rings. The Bertz CT molecular complexity index is 1420. The van der Waals surface area contributed by atoms with Crippen molar-refractivity contribution < 1.29 is 0 Å². The normalized spacial score (nSPS) is 13.8. The zero-order valence-electron chi connectivity index (χ0n) is 17.8. The van der Waals surface area contributed by atoms with E-state index in [1.165, 1.54) is 50.0 Å². The number of aromatic amines is 1. The van der Waals surface area contributed by atoms with Gasteiger partial charge in [0.2, 0.25) is 0 Å². The molecule has 0 spiro atoms. The van der Waals surface area contributed by atoms with Crippen LogP contribution in [0.15, 0.2) is 121 Å². The molecule has 1 N–H and O–H groups in total. The molecule has 0 saturated heterocycles. The fraction of sp³-hybridized carbons (Fsp3) is 0.0667. The number of hydrogen-bond donors (Lipinski definition) is 1. The van der Waals surface area contributed by atoms with Crippen molar-refractivity contribution >= 4 is 38.8 Å². The van der Waals surface area contributed by atoms with E-state index in [4.69, 9.17) is 0 Å². The van der Waals surface area contributed by atoms with Gasteiger partial charge in [-0.05, 0) is 72.5 Å². The van der Waals surface area contributed by atoms with Gasteiger partial charge in [-0.25, -0.2) is 0 Å². The van der Waals surface area contributed by atoms with E-state index < -0.39 is 0 Å². The van der Waals surface area contributed by atoms with Gasteiger partial charge >= 0.3 is 0 Å². The summed E-state index contributed by atoms with van der Waals surface area (Å²) < 4.78 is 0. The second-order valence-electron chi connectivity index (χ2n) is 8.29. The van der Waals surface area contributed by atoms with E-state index in [1.54, 1.807) is 0 Å². The number of aromatic nitrogens is 1. The summed E-state index contributed by atoms with van der Waals surface area (Å²) in [5, 5.41) is 2.58. The SMILES string of the molecule is C1=C(c2ccc3[nH]c4ccccc4c3c2)CCC(N(c2ccccc2)c2ccccc2)=C1. The second-order valence-corrected chi connectivity index (χ2v) is 8.29. The van der Waals surface area contributed by atoms with Gasteiger partial charge in [-0.15, -0.1) is 0 Å². The number of nitrogens with one attached hydrogen (secondary N) is 1. The van der Waals surface area contributed by atoms with Crippen molar-refractivity contribution in [1.82, 2.24) is 4.98 Å². The maximum absolute atomic E-state index is 3.53. The van der Waals surface area contributed by atoms with Crippen LogP contribution in [0.3, 0.4) is 0 Å². The van der Waals surface area contributed by atoms with Crippen molar-refractivity contribution in [2.24, 2.45) is 0 Å². The van der Waals surface area contributed by atoms with Gasteiger partial charge < -0.3 is 9.88 Å². The number of H-pyrrole nitrogens is 1. The fourth-order valence-corrected chi connectivity index (χ4v) is 4.74. The van der Waals surface area contributed by atoms with E-state index in [0.29, 0.717) is 0 Å². The Morgan fingerprint density at radius 3 is 1.91 bits per heavy atom. The van der Waals surface area contributed by atoms with Gasteiger partial charge in [0.1, 0.15) is 0 Å². The molecule has 0 bridgehead atoms. The number of nitrogens with zero attached hydrogens (tertiary/aromatic N) is 1. The molecular formula is C30H24N2. The molecule has 1 heterocycles. The summed E-state index contributed by atoms with van der Waals surface area (Å²) in [6, 6.07) is 36.6. The number of fused-ring (bicyclic) bond motifs is 3. The highest BCUT2D eigenvalue weighted by molar-refractivity contribution is 6.08. The summed E-state index contributed by atoms with van der Waals surface area (Å²) in [6.07, 6.45) is 6.61. The topological polar surface area (TPSA) is 19.0 Å². The third-order valence-electron chi connectivity index (χ3n) is 6.32. The van der Waals surface area contributed by atoms with E-state index in [1.807, 2.05) is 0 Å². The Kier molecular flexibility index (Phi) is 4.62. The van der Waals surface area contributed by atoms with Crippen LogP contribution in [0.25, 0.3) is 27.4 Å². The van der Waals surface area contributed by atoms with Crippen molar-refractivity contribution in [1.29, 1.82) is 0 Å². The summed E-state index contributed by atoms with van der Waals surface area (Å²) in [5.41, 5.74) is 8.80. The zero-order chi connectivity index (χ0) is 21.3. The minimum Gasteiger partial charge on any atom is -0.355 e. The van der Waals surface area contributed by atoms with Crippen LogP contribution in [0, 0.1) is 0 Å². The summed E-state index contributed by atoms with van der Waals surface area (Å²) in [4.78, 5) is 5.90. The molecule has 154 valence electrons. The zero-order valence-corrected chi connectivity index (χ0v) is 17.8. The largest absolute Gasteiger partial charge is 0.355 e. The second kappa shape index (κ2) is 7.90. The molecule has 1 aromatic heterocycles. The Morgan fingerprint density at radius 2 is 1.22 bits per heavy atom. The average Bonchev–Trinajstić information content (AvgIpc) is 3.24. The van der Waals surface area contributed by atoms with Crippen LogP contribution in [0.5, 0.6) is 0 Å². The number of hydrogen-bond acceptors (Lipinski definition) is 1. The smallest absolute Gasteiger partial charge is 0.0465 e. The third kappa shape index (κ3) is 3.30. The maximum atomic E-state index is 3.53. The molecule has 0 atom stereocenters. The van der Waals surface area contributed by atoms with Crippen LogP contribution in [-0.4, -0.2) is 4.98 Å². The first-order valence-electron chi connectivity index (χ1n) is 11.2. The van der Waals surface area contributed by atoms with E-state index in [9.17, 15) is 0 Å². The Morgan fingerprint density at radius 1 is 0.562 bits per heavy atom. The third-order valence-corrected chi connectivity index (χ3v) is 6.32. The summed E-state index contributed by atoms with van der Waals surface area (Å²) in [7, 11) is 0. The van der Waals surface area contributed by atoms with Gasteiger partial charge in [0.05, 0.1) is 0 Å². The van der Waals surface area contributed by atoms with Crippen LogP contribution >= 0.6 is 0 Å². The molecule has 4 aromatic carbocycles. The minimum absolute atomic E-state index is 1.00. The predicted molar refractivity (Wildman–Crippen MR) is 136 cm³/mol. The van der Waals surface area contributed by atoms with E-state index in [2.05, 4.69) is 125 Å². The van der Waals surface area contributed by atoms with Crippen molar-refractivity contribution in [2.75, 3.05) is 4.90 Å². The van der Waals surface area contributed by atoms with Crippen LogP contribution in [0.4, 0.5) is 11.4 Å². The molecule has 1 aliphatic carbocycles. The number of allylic oxidation sites excluding steroid dienone is 4. The van der Waals surface area contributed by atoms with E-state index >= 15 is 0 Å². The van der Waals surface area contributed by atoms with Crippen LogP contribution < -0.4 is 4.90 Å². The van der Waals surface area contributed by atoms with E-state index in [0.717, 1.165) is 12.8 Å². The molecule has 0 saturated carbocycles. The first-order chi connectivity index (χ1) is 15.9. The molecular weight excluding hydrogens is 388 g/mol. The lowest BCUT2D eigenvalue weighted by Crippen LogP contribution is -2.17. The molecule has 0 amide bonds. The highest BCUT2D eigenvalue weighted by Crippen LogP contribution is 2.37. The highest BCUT2D eigenvalue weighted by Gasteiger charge is 2.18. The van der Waals surface area contributed by atoms with Crippen LogP contribution in [-0.2, 0) is 0 Å². The first-order valence-corrected chi connectivity index (χ1v) is 11.2. The van der Waals surface area contributed by atoms with Crippen LogP contribution in [0.2, 0.25) is 0 Å². The molecule has 0 unspecified atom stereocenters. The minimum atomic E-state index is 1.00. The molecule has 0 radical (unpaired) electrons. The monoisotopic (exact) mass is 412 g/mol. The van der Waals surface area contributed by atoms with Crippen molar-refractivity contribution in [2.45, 2.75) is 12.8 Å². The number of anilines is 2. The molecule has 1 aliphatic rings. The summed E-state index contributed by atoms with van der Waals surface area (Å²) in [5.74, 6) is 0. The van der Waals surface area contributed by atoms with Gasteiger partial charge in [-0.2, -0.15) is 0 Å². The molecule has 6 rings (SSSR count). The molecule has 2 nitrogen and oxygen atoms in total. The lowest BCUT2D eigenvalue weighted by atomic mass is 9.94. The predicted octanol–water partition coefficient (Wildman–Crippen LogP) is 8.22. The number of rotatable bonds is 4. The Labute approximate surface area is 188 Å². The fourth-order valence-electron chi connectivity index (χ4n) is 4.74. The molecule has 5 aromatic rings. The Hall–Kier alpha value is -4.04. The maximum Gasteiger partial charge on any atom is 0.0465 e. The summed E-state index contributed by atoms with van der Waals surface area (Å²) in [6.45, 7) is 0. The average molecular weight is 413 g/mol. The molecule has 2 heteroatoms. The van der Waals surface area contributed by atoms with Crippen molar-refractivity contribution in [3.8, 4) is 0 Å². The summed E-state index contributed by atoms with van der Waals surface area (Å²) >= 11 is 0. The number of benzene rings is 4. The Balaban J connectivity index is 1.39. The van der Waals surface area contributed by atoms with Crippen LogP contribution in [0.1, 0.15) is 18.4 Å². The molecule has 0 aliphatic heterocycles. The van der Waals surface area contributed by atoms with E-state index in [-0.39, 0.29) is 0 Å². The van der Waals surface area contributed by atoms with Crippen molar-refractivity contribution in [3.05, 3.63) is 127 Å². The standard InChI is InChI=1S/C30H24N2/c1-3-9-24(10-4-1)32(25-11-5-2-6-12-25)26-18-15-22(16-19-26)23-17-20-30-28(21-23)27-13-7-8-14-29(27)31-30/h1-15,17-18,20-21,31H,16,19H2. The lowest BCUT2D eigenvalue weighted by Gasteiger charge is -2.29.